The van der Waals surface area contributed by atoms with Gasteiger partial charge in [0.05, 0.1) is 0 Å². The number of hydrogen-bond acceptors (Lipinski definition) is 5. The third-order valence-electron chi connectivity index (χ3n) is 3.25. The Bertz CT molecular complexity index is 638. The van der Waals surface area contributed by atoms with Crippen molar-refractivity contribution < 1.29 is 9.59 Å². The number of hydrogen-bond donors (Lipinski definition) is 3. The highest BCUT2D eigenvalue weighted by molar-refractivity contribution is 5.94. The highest BCUT2D eigenvalue weighted by atomic mass is 16.2. The van der Waals surface area contributed by atoms with Crippen LogP contribution in [0.3, 0.4) is 0 Å². The quantitative estimate of drug-likeness (QED) is 0.708. The Balaban J connectivity index is 1.89. The lowest BCUT2D eigenvalue weighted by atomic mass is 10.2. The molecule has 1 unspecified atom stereocenters. The lowest BCUT2D eigenvalue weighted by molar-refractivity contribution is -0.119. The van der Waals surface area contributed by atoms with Crippen LogP contribution in [0.1, 0.15) is 19.4 Å². The van der Waals surface area contributed by atoms with Crippen LogP contribution in [0.2, 0.25) is 0 Å². The Hall–Kier alpha value is -2.74. The molecule has 0 aliphatic rings. The minimum atomic E-state index is -0.460. The molecule has 0 aliphatic heterocycles. The van der Waals surface area contributed by atoms with Crippen molar-refractivity contribution in [3.8, 4) is 0 Å². The van der Waals surface area contributed by atoms with E-state index in [2.05, 4.69) is 26.0 Å². The van der Waals surface area contributed by atoms with Crippen LogP contribution in [0, 0.1) is 0 Å². The fraction of sp³-hybridized carbons (Fsp3) is 0.333. The molecule has 2 rings (SSSR count). The van der Waals surface area contributed by atoms with Gasteiger partial charge < -0.3 is 16.0 Å². The summed E-state index contributed by atoms with van der Waals surface area (Å²) in [5.74, 6) is -0.253. The summed E-state index contributed by atoms with van der Waals surface area (Å²) in [7, 11) is 1.80. The van der Waals surface area contributed by atoms with E-state index in [0.717, 1.165) is 0 Å². The van der Waals surface area contributed by atoms with Crippen LogP contribution in [0.15, 0.2) is 36.9 Å². The minimum Gasteiger partial charge on any atom is -0.326 e. The number of anilines is 2. The molecule has 1 aromatic carbocycles. The molecule has 8 nitrogen and oxygen atoms in total. The second-order valence-electron chi connectivity index (χ2n) is 5.02. The van der Waals surface area contributed by atoms with Crippen molar-refractivity contribution in [3.05, 3.63) is 36.9 Å². The van der Waals surface area contributed by atoms with E-state index < -0.39 is 6.04 Å². The molecule has 0 saturated carbocycles. The first kappa shape index (κ1) is 16.6. The van der Waals surface area contributed by atoms with Gasteiger partial charge in [-0.05, 0) is 38.2 Å². The fourth-order valence-corrected chi connectivity index (χ4v) is 1.88. The molecule has 0 spiro atoms. The summed E-state index contributed by atoms with van der Waals surface area (Å²) in [6.45, 7) is 2.36. The summed E-state index contributed by atoms with van der Waals surface area (Å²) in [5.41, 5.74) is 1.34. The number of nitrogens with one attached hydrogen (secondary N) is 3. The van der Waals surface area contributed by atoms with Gasteiger partial charge in [-0.25, -0.2) is 9.67 Å². The molecule has 23 heavy (non-hydrogen) atoms. The van der Waals surface area contributed by atoms with Gasteiger partial charge in [0.1, 0.15) is 18.7 Å². The maximum absolute atomic E-state index is 12.1. The molecule has 1 aromatic heterocycles. The van der Waals surface area contributed by atoms with Gasteiger partial charge in [0.25, 0.3) is 0 Å². The monoisotopic (exact) mass is 316 g/mol. The summed E-state index contributed by atoms with van der Waals surface area (Å²) >= 11 is 0. The molecular weight excluding hydrogens is 296 g/mol. The van der Waals surface area contributed by atoms with Crippen molar-refractivity contribution in [2.75, 3.05) is 24.2 Å². The van der Waals surface area contributed by atoms with E-state index in [-0.39, 0.29) is 11.8 Å². The molecule has 2 aromatic rings. The predicted molar refractivity (Wildman–Crippen MR) is 87.0 cm³/mol. The number of carbonyl (C=O) groups excluding carboxylic acids is 2. The maximum Gasteiger partial charge on any atom is 0.249 e. The number of amides is 2. The SMILES string of the molecule is CNCCC(=O)Nc1ccc(NC(=O)C(C)n2cncn2)cc1. The van der Waals surface area contributed by atoms with Gasteiger partial charge in [-0.2, -0.15) is 5.10 Å². The summed E-state index contributed by atoms with van der Waals surface area (Å²) in [5, 5.41) is 12.4. The van der Waals surface area contributed by atoms with Gasteiger partial charge >= 0.3 is 0 Å². The number of rotatable bonds is 7. The van der Waals surface area contributed by atoms with E-state index in [4.69, 9.17) is 0 Å². The molecule has 0 bridgehead atoms. The van der Waals surface area contributed by atoms with Crippen LogP contribution in [-0.4, -0.2) is 40.2 Å². The molecule has 0 radical (unpaired) electrons. The smallest absolute Gasteiger partial charge is 0.249 e. The number of carbonyl (C=O) groups is 2. The minimum absolute atomic E-state index is 0.0593. The second kappa shape index (κ2) is 8.04. The third kappa shape index (κ3) is 4.89. The van der Waals surface area contributed by atoms with Crippen LogP contribution < -0.4 is 16.0 Å². The predicted octanol–water partition coefficient (Wildman–Crippen LogP) is 1.03. The van der Waals surface area contributed by atoms with Crippen LogP contribution in [0.25, 0.3) is 0 Å². The van der Waals surface area contributed by atoms with Gasteiger partial charge in [0.2, 0.25) is 11.8 Å². The van der Waals surface area contributed by atoms with Crippen molar-refractivity contribution in [2.45, 2.75) is 19.4 Å². The Labute approximate surface area is 134 Å². The van der Waals surface area contributed by atoms with E-state index in [0.29, 0.717) is 24.3 Å². The summed E-state index contributed by atoms with van der Waals surface area (Å²) < 4.78 is 1.48. The van der Waals surface area contributed by atoms with Crippen molar-refractivity contribution in [3.63, 3.8) is 0 Å². The van der Waals surface area contributed by atoms with E-state index in [1.165, 1.54) is 17.3 Å². The third-order valence-corrected chi connectivity index (χ3v) is 3.25. The summed E-state index contributed by atoms with van der Waals surface area (Å²) in [4.78, 5) is 27.6. The zero-order valence-corrected chi connectivity index (χ0v) is 13.1. The van der Waals surface area contributed by atoms with Gasteiger partial charge in [-0.1, -0.05) is 0 Å². The van der Waals surface area contributed by atoms with Crippen LogP contribution in [0.5, 0.6) is 0 Å². The number of benzene rings is 1. The van der Waals surface area contributed by atoms with Crippen molar-refractivity contribution in [1.82, 2.24) is 20.1 Å². The van der Waals surface area contributed by atoms with Gasteiger partial charge in [0.15, 0.2) is 0 Å². The standard InChI is InChI=1S/C15H20N6O2/c1-11(21-10-17-9-18-21)15(23)20-13-5-3-12(4-6-13)19-14(22)7-8-16-2/h3-6,9-11,16H,7-8H2,1-2H3,(H,19,22)(H,20,23). The molecule has 3 N–H and O–H groups in total. The largest absolute Gasteiger partial charge is 0.326 e. The van der Waals surface area contributed by atoms with E-state index >= 15 is 0 Å². The van der Waals surface area contributed by atoms with Gasteiger partial charge in [0, 0.05) is 24.3 Å². The topological polar surface area (TPSA) is 101 Å². The summed E-state index contributed by atoms with van der Waals surface area (Å²) in [6.07, 6.45) is 3.29. The molecule has 1 heterocycles. The average Bonchev–Trinajstić information content (AvgIpc) is 3.08. The summed E-state index contributed by atoms with van der Waals surface area (Å²) in [6, 6.07) is 6.50. The highest BCUT2D eigenvalue weighted by Crippen LogP contribution is 2.15. The van der Waals surface area contributed by atoms with E-state index in [1.54, 1.807) is 38.2 Å². The Morgan fingerprint density at radius 3 is 2.39 bits per heavy atom. The Morgan fingerprint density at radius 1 is 1.17 bits per heavy atom. The molecule has 1 atom stereocenters. The zero-order valence-electron chi connectivity index (χ0n) is 13.1. The molecule has 0 aliphatic carbocycles. The van der Waals surface area contributed by atoms with Crippen LogP contribution in [-0.2, 0) is 9.59 Å². The maximum atomic E-state index is 12.1. The molecular formula is C15H20N6O2. The average molecular weight is 316 g/mol. The molecule has 0 fully saturated rings. The Kier molecular flexibility index (Phi) is 5.81. The van der Waals surface area contributed by atoms with E-state index in [9.17, 15) is 9.59 Å². The van der Waals surface area contributed by atoms with Crippen molar-refractivity contribution in [1.29, 1.82) is 0 Å². The Morgan fingerprint density at radius 2 is 1.83 bits per heavy atom. The lowest BCUT2D eigenvalue weighted by Crippen LogP contribution is -2.24. The number of nitrogens with zero attached hydrogens (tertiary/aromatic N) is 3. The normalized spacial score (nSPS) is 11.7. The van der Waals surface area contributed by atoms with Crippen LogP contribution in [0.4, 0.5) is 11.4 Å². The lowest BCUT2D eigenvalue weighted by Gasteiger charge is -2.12. The zero-order chi connectivity index (χ0) is 16.7. The fourth-order valence-electron chi connectivity index (χ4n) is 1.88. The second-order valence-corrected chi connectivity index (χ2v) is 5.02. The molecule has 0 saturated heterocycles. The number of aromatic nitrogens is 3. The van der Waals surface area contributed by atoms with Crippen molar-refractivity contribution >= 4 is 23.2 Å². The molecule has 8 heteroatoms. The first-order chi connectivity index (χ1) is 11.1. The highest BCUT2D eigenvalue weighted by Gasteiger charge is 2.15. The first-order valence-corrected chi connectivity index (χ1v) is 7.29. The van der Waals surface area contributed by atoms with Gasteiger partial charge in [-0.15, -0.1) is 0 Å². The first-order valence-electron chi connectivity index (χ1n) is 7.29. The van der Waals surface area contributed by atoms with E-state index in [1.807, 2.05) is 0 Å². The van der Waals surface area contributed by atoms with Crippen LogP contribution >= 0.6 is 0 Å². The van der Waals surface area contributed by atoms with Crippen molar-refractivity contribution in [2.24, 2.45) is 0 Å². The molecule has 122 valence electrons. The van der Waals surface area contributed by atoms with Gasteiger partial charge in [-0.3, -0.25) is 9.59 Å². The molecule has 2 amide bonds.